The minimum Gasteiger partial charge on any atom is -0.327 e. The van der Waals surface area contributed by atoms with Crippen LogP contribution in [0.15, 0.2) is 0 Å². The minimum atomic E-state index is 0.369. The van der Waals surface area contributed by atoms with E-state index in [1.54, 1.807) is 0 Å². The first-order valence-electron chi connectivity index (χ1n) is 8.07. The van der Waals surface area contributed by atoms with Crippen LogP contribution in [0.1, 0.15) is 77.6 Å². The lowest BCUT2D eigenvalue weighted by atomic mass is 10.0. The second kappa shape index (κ2) is 13.4. The first-order valence-corrected chi connectivity index (χ1v) is 8.07. The largest absolute Gasteiger partial charge is 0.327 e. The van der Waals surface area contributed by atoms with Crippen molar-refractivity contribution < 1.29 is 0 Å². The predicted octanol–water partition coefficient (Wildman–Crippen LogP) is 4.19. The third-order valence-corrected chi connectivity index (χ3v) is 3.53. The summed E-state index contributed by atoms with van der Waals surface area (Å²) in [6, 6.07) is 0.369. The Kier molecular flexibility index (Phi) is 13.3. The lowest BCUT2D eigenvalue weighted by molar-refractivity contribution is 0.357. The van der Waals surface area contributed by atoms with Crippen LogP contribution in [-0.2, 0) is 0 Å². The van der Waals surface area contributed by atoms with Crippen LogP contribution < -0.4 is 5.73 Å². The lowest BCUT2D eigenvalue weighted by Gasteiger charge is -2.16. The Morgan fingerprint density at radius 1 is 0.778 bits per heavy atom. The molecular formula is C16H36N2. The van der Waals surface area contributed by atoms with Crippen LogP contribution in [0, 0.1) is 0 Å². The fourth-order valence-electron chi connectivity index (χ4n) is 2.45. The molecule has 0 aliphatic heterocycles. The average Bonchev–Trinajstić information content (AvgIpc) is 2.30. The van der Waals surface area contributed by atoms with Gasteiger partial charge in [-0.05, 0) is 20.5 Å². The molecule has 0 aromatic carbocycles. The zero-order valence-electron chi connectivity index (χ0n) is 13.1. The van der Waals surface area contributed by atoms with Crippen molar-refractivity contribution in [1.29, 1.82) is 0 Å². The summed E-state index contributed by atoms with van der Waals surface area (Å²) in [6.45, 7) is 3.30. The van der Waals surface area contributed by atoms with E-state index < -0.39 is 0 Å². The van der Waals surface area contributed by atoms with Gasteiger partial charge in [0.15, 0.2) is 0 Å². The van der Waals surface area contributed by atoms with Crippen LogP contribution in [0.5, 0.6) is 0 Å². The molecule has 0 rings (SSSR count). The number of rotatable bonds is 13. The monoisotopic (exact) mass is 256 g/mol. The van der Waals surface area contributed by atoms with E-state index in [-0.39, 0.29) is 0 Å². The third-order valence-electron chi connectivity index (χ3n) is 3.53. The molecule has 2 N–H and O–H groups in total. The van der Waals surface area contributed by atoms with Crippen molar-refractivity contribution in [3.8, 4) is 0 Å². The Morgan fingerprint density at radius 2 is 1.22 bits per heavy atom. The SMILES string of the molecule is CCCCCCCCCCCCC(N)CN(C)C. The molecule has 0 saturated carbocycles. The van der Waals surface area contributed by atoms with Crippen molar-refractivity contribution in [2.45, 2.75) is 83.6 Å². The molecule has 0 bridgehead atoms. The van der Waals surface area contributed by atoms with Crippen molar-refractivity contribution in [3.63, 3.8) is 0 Å². The fraction of sp³-hybridized carbons (Fsp3) is 1.00. The van der Waals surface area contributed by atoms with Crippen molar-refractivity contribution in [2.75, 3.05) is 20.6 Å². The molecule has 110 valence electrons. The van der Waals surface area contributed by atoms with E-state index in [0.29, 0.717) is 6.04 Å². The molecule has 0 fully saturated rings. The van der Waals surface area contributed by atoms with E-state index in [1.165, 1.54) is 70.6 Å². The van der Waals surface area contributed by atoms with Gasteiger partial charge in [-0.1, -0.05) is 71.1 Å². The summed E-state index contributed by atoms with van der Waals surface area (Å²) < 4.78 is 0. The maximum absolute atomic E-state index is 6.04. The zero-order chi connectivity index (χ0) is 13.6. The van der Waals surface area contributed by atoms with Crippen LogP contribution >= 0.6 is 0 Å². The molecule has 18 heavy (non-hydrogen) atoms. The van der Waals surface area contributed by atoms with Gasteiger partial charge >= 0.3 is 0 Å². The average molecular weight is 256 g/mol. The molecule has 0 saturated heterocycles. The van der Waals surface area contributed by atoms with Gasteiger partial charge in [-0.2, -0.15) is 0 Å². The number of unbranched alkanes of at least 4 members (excludes halogenated alkanes) is 9. The second-order valence-corrected chi connectivity index (χ2v) is 5.99. The molecule has 1 unspecified atom stereocenters. The highest BCUT2D eigenvalue weighted by Crippen LogP contribution is 2.11. The molecule has 0 aromatic rings. The Morgan fingerprint density at radius 3 is 1.67 bits per heavy atom. The van der Waals surface area contributed by atoms with Gasteiger partial charge in [0.2, 0.25) is 0 Å². The number of nitrogens with two attached hydrogens (primary N) is 1. The summed E-state index contributed by atoms with van der Waals surface area (Å²) in [5.41, 5.74) is 6.04. The Hall–Kier alpha value is -0.0800. The van der Waals surface area contributed by atoms with Gasteiger partial charge in [-0.25, -0.2) is 0 Å². The van der Waals surface area contributed by atoms with Crippen LogP contribution in [0.25, 0.3) is 0 Å². The summed E-state index contributed by atoms with van der Waals surface area (Å²) in [5, 5.41) is 0. The van der Waals surface area contributed by atoms with E-state index >= 15 is 0 Å². The van der Waals surface area contributed by atoms with Gasteiger partial charge in [0.05, 0.1) is 0 Å². The standard InChI is InChI=1S/C16H36N2/c1-4-5-6-7-8-9-10-11-12-13-14-16(17)15-18(2)3/h16H,4-15,17H2,1-3H3. The van der Waals surface area contributed by atoms with Crippen molar-refractivity contribution in [1.82, 2.24) is 4.90 Å². The molecule has 2 nitrogen and oxygen atoms in total. The summed E-state index contributed by atoms with van der Waals surface area (Å²) in [4.78, 5) is 2.18. The Labute approximate surface area is 115 Å². The van der Waals surface area contributed by atoms with Gasteiger partial charge < -0.3 is 10.6 Å². The van der Waals surface area contributed by atoms with Crippen LogP contribution in [-0.4, -0.2) is 31.6 Å². The number of hydrogen-bond acceptors (Lipinski definition) is 2. The lowest BCUT2D eigenvalue weighted by Crippen LogP contribution is -2.32. The highest BCUT2D eigenvalue weighted by atomic mass is 15.1. The normalized spacial score (nSPS) is 13.2. The summed E-state index contributed by atoms with van der Waals surface area (Å²) in [5.74, 6) is 0. The molecule has 1 atom stereocenters. The first kappa shape index (κ1) is 17.9. The summed E-state index contributed by atoms with van der Waals surface area (Å²) in [7, 11) is 4.19. The smallest absolute Gasteiger partial charge is 0.0167 e. The quantitative estimate of drug-likeness (QED) is 0.501. The van der Waals surface area contributed by atoms with Crippen molar-refractivity contribution >= 4 is 0 Å². The molecule has 0 amide bonds. The van der Waals surface area contributed by atoms with Gasteiger partial charge in [-0.3, -0.25) is 0 Å². The zero-order valence-corrected chi connectivity index (χ0v) is 13.1. The predicted molar refractivity (Wildman–Crippen MR) is 83.0 cm³/mol. The molecule has 0 aliphatic rings. The van der Waals surface area contributed by atoms with Gasteiger partial charge in [0.25, 0.3) is 0 Å². The molecular weight excluding hydrogens is 220 g/mol. The highest BCUT2D eigenvalue weighted by molar-refractivity contribution is 4.64. The molecule has 2 heteroatoms. The third kappa shape index (κ3) is 14.0. The fourth-order valence-corrected chi connectivity index (χ4v) is 2.45. The summed E-state index contributed by atoms with van der Waals surface area (Å²) in [6.07, 6.45) is 15.2. The number of nitrogens with zero attached hydrogens (tertiary/aromatic N) is 1. The second-order valence-electron chi connectivity index (χ2n) is 5.99. The molecule has 0 radical (unpaired) electrons. The van der Waals surface area contributed by atoms with Gasteiger partial charge in [0.1, 0.15) is 0 Å². The number of likely N-dealkylation sites (N-methyl/N-ethyl adjacent to an activating group) is 1. The van der Waals surface area contributed by atoms with Gasteiger partial charge in [-0.15, -0.1) is 0 Å². The number of hydrogen-bond donors (Lipinski definition) is 1. The van der Waals surface area contributed by atoms with E-state index in [2.05, 4.69) is 25.9 Å². The molecule has 0 spiro atoms. The van der Waals surface area contributed by atoms with E-state index in [4.69, 9.17) is 5.73 Å². The van der Waals surface area contributed by atoms with E-state index in [1.807, 2.05) is 0 Å². The van der Waals surface area contributed by atoms with Crippen molar-refractivity contribution in [3.05, 3.63) is 0 Å². The van der Waals surface area contributed by atoms with Gasteiger partial charge in [0, 0.05) is 12.6 Å². The van der Waals surface area contributed by atoms with Crippen LogP contribution in [0.3, 0.4) is 0 Å². The Balaban J connectivity index is 3.07. The maximum Gasteiger partial charge on any atom is 0.0167 e. The van der Waals surface area contributed by atoms with E-state index in [0.717, 1.165) is 6.54 Å². The van der Waals surface area contributed by atoms with Crippen LogP contribution in [0.2, 0.25) is 0 Å². The minimum absolute atomic E-state index is 0.369. The molecule has 0 aliphatic carbocycles. The molecule has 0 heterocycles. The highest BCUT2D eigenvalue weighted by Gasteiger charge is 2.03. The summed E-state index contributed by atoms with van der Waals surface area (Å²) >= 11 is 0. The van der Waals surface area contributed by atoms with Crippen molar-refractivity contribution in [2.24, 2.45) is 5.73 Å². The first-order chi connectivity index (χ1) is 8.66. The van der Waals surface area contributed by atoms with E-state index in [9.17, 15) is 0 Å². The Bertz CT molecular complexity index is 157. The topological polar surface area (TPSA) is 29.3 Å². The molecule has 0 aromatic heterocycles. The van der Waals surface area contributed by atoms with Crippen LogP contribution in [0.4, 0.5) is 0 Å². The maximum atomic E-state index is 6.04.